The third-order valence-corrected chi connectivity index (χ3v) is 16.1. The SMILES string of the molecule is COc1cc(N(c2ccc3c(c2)C(C)(C)c2ccccc2-3)c2ccccc2-c2ccccc2)ccc1-c1cc2c3ccccc3c(B(c3c(C)cc(C)cc3C)c3c(C)cc(C)cc3C)cc2c2ccccc12. The molecule has 1 aliphatic rings. The van der Waals surface area contributed by atoms with Gasteiger partial charge in [-0.25, -0.2) is 0 Å². The second-order valence-corrected chi connectivity index (χ2v) is 21.1. The number of ether oxygens (including phenoxy) is 1. The van der Waals surface area contributed by atoms with Crippen molar-refractivity contribution in [1.82, 2.24) is 0 Å². The fraction of sp³-hybridized carbons (Fsp3) is 0.143. The number of benzene rings is 11. The summed E-state index contributed by atoms with van der Waals surface area (Å²) in [4.78, 5) is 2.42. The van der Waals surface area contributed by atoms with E-state index in [4.69, 9.17) is 4.74 Å². The molecule has 0 radical (unpaired) electrons. The molecule has 2 nitrogen and oxygen atoms in total. The topological polar surface area (TPSA) is 12.5 Å². The van der Waals surface area contributed by atoms with Gasteiger partial charge in [0.05, 0.1) is 12.8 Å². The van der Waals surface area contributed by atoms with E-state index < -0.39 is 0 Å². The number of aryl methyl sites for hydroxylation is 6. The Bertz CT molecular complexity index is 3910. The molecule has 3 heteroatoms. The number of anilines is 3. The molecule has 0 aliphatic heterocycles. The number of fused-ring (bicyclic) bond motifs is 8. The molecule has 0 atom stereocenters. The van der Waals surface area contributed by atoms with Crippen LogP contribution >= 0.6 is 0 Å². The van der Waals surface area contributed by atoms with Crippen LogP contribution in [0.4, 0.5) is 17.1 Å². The number of methoxy groups -OCH3 is 1. The summed E-state index contributed by atoms with van der Waals surface area (Å²) in [5.41, 5.74) is 24.9. The van der Waals surface area contributed by atoms with Crippen LogP contribution in [0, 0.1) is 41.5 Å². The van der Waals surface area contributed by atoms with E-state index in [9.17, 15) is 0 Å². The van der Waals surface area contributed by atoms with Crippen molar-refractivity contribution in [2.45, 2.75) is 60.8 Å². The van der Waals surface area contributed by atoms with Crippen LogP contribution in [0.5, 0.6) is 5.75 Å². The predicted octanol–water partition coefficient (Wildman–Crippen LogP) is 16.6. The molecule has 73 heavy (non-hydrogen) atoms. The molecule has 0 fully saturated rings. The van der Waals surface area contributed by atoms with E-state index in [1.807, 2.05) is 7.11 Å². The lowest BCUT2D eigenvalue weighted by Crippen LogP contribution is -2.56. The average molecular weight is 942 g/mol. The van der Waals surface area contributed by atoms with Crippen molar-refractivity contribution in [3.05, 3.63) is 245 Å². The van der Waals surface area contributed by atoms with Gasteiger partial charge in [0.2, 0.25) is 6.71 Å². The first-order valence-electron chi connectivity index (χ1n) is 25.8. The minimum absolute atomic E-state index is 0.0311. The Morgan fingerprint density at radius 2 is 0.877 bits per heavy atom. The van der Waals surface area contributed by atoms with Gasteiger partial charge in [0.25, 0.3) is 0 Å². The lowest BCUT2D eigenvalue weighted by molar-refractivity contribution is 0.416. The van der Waals surface area contributed by atoms with Crippen molar-refractivity contribution in [3.63, 3.8) is 0 Å². The first-order chi connectivity index (χ1) is 35.4. The van der Waals surface area contributed by atoms with Crippen LogP contribution in [-0.2, 0) is 5.41 Å². The van der Waals surface area contributed by atoms with Crippen LogP contribution in [0.3, 0.4) is 0 Å². The van der Waals surface area contributed by atoms with E-state index in [-0.39, 0.29) is 12.1 Å². The summed E-state index contributed by atoms with van der Waals surface area (Å²) in [5.74, 6) is 0.815. The van der Waals surface area contributed by atoms with Crippen LogP contribution in [0.1, 0.15) is 58.4 Å². The molecule has 0 saturated heterocycles. The lowest BCUT2D eigenvalue weighted by atomic mass is 9.33. The molecule has 0 bridgehead atoms. The highest BCUT2D eigenvalue weighted by Crippen LogP contribution is 2.52. The first kappa shape index (κ1) is 46.0. The summed E-state index contributed by atoms with van der Waals surface area (Å²) >= 11 is 0. The van der Waals surface area contributed by atoms with E-state index in [1.165, 1.54) is 104 Å². The molecule has 0 spiro atoms. The van der Waals surface area contributed by atoms with Gasteiger partial charge >= 0.3 is 0 Å². The van der Waals surface area contributed by atoms with Gasteiger partial charge in [-0.15, -0.1) is 0 Å². The van der Waals surface area contributed by atoms with Gasteiger partial charge in [0, 0.05) is 34.0 Å². The molecular formula is C70H60BNO. The maximum absolute atomic E-state index is 6.56. The molecule has 11 aromatic rings. The van der Waals surface area contributed by atoms with Crippen molar-refractivity contribution in [2.75, 3.05) is 12.0 Å². The summed E-state index contributed by atoms with van der Waals surface area (Å²) in [6.45, 7) is 18.4. The van der Waals surface area contributed by atoms with Crippen molar-refractivity contribution in [1.29, 1.82) is 0 Å². The van der Waals surface area contributed by atoms with Gasteiger partial charge < -0.3 is 9.64 Å². The minimum Gasteiger partial charge on any atom is -0.496 e. The molecule has 11 aromatic carbocycles. The summed E-state index contributed by atoms with van der Waals surface area (Å²) < 4.78 is 6.56. The van der Waals surface area contributed by atoms with Gasteiger partial charge in [-0.1, -0.05) is 221 Å². The Morgan fingerprint density at radius 3 is 1.52 bits per heavy atom. The Morgan fingerprint density at radius 1 is 0.384 bits per heavy atom. The maximum atomic E-state index is 6.56. The summed E-state index contributed by atoms with van der Waals surface area (Å²) in [6.07, 6.45) is 0. The lowest BCUT2D eigenvalue weighted by Gasteiger charge is -2.30. The van der Waals surface area contributed by atoms with Crippen molar-refractivity contribution in [3.8, 4) is 39.1 Å². The van der Waals surface area contributed by atoms with E-state index in [0.717, 1.165) is 45.1 Å². The van der Waals surface area contributed by atoms with Crippen molar-refractivity contribution in [2.24, 2.45) is 0 Å². The summed E-state index contributed by atoms with van der Waals surface area (Å²) in [6, 6.07) is 74.8. The quantitative estimate of drug-likeness (QED) is 0.106. The highest BCUT2D eigenvalue weighted by molar-refractivity contribution is 6.98. The smallest absolute Gasteiger partial charge is 0.243 e. The second-order valence-electron chi connectivity index (χ2n) is 21.1. The zero-order valence-electron chi connectivity index (χ0n) is 43.5. The average Bonchev–Trinajstić information content (AvgIpc) is 3.62. The number of nitrogens with zero attached hydrogens (tertiary/aromatic N) is 1. The molecular weight excluding hydrogens is 882 g/mol. The van der Waals surface area contributed by atoms with Crippen LogP contribution in [-0.4, -0.2) is 13.8 Å². The third kappa shape index (κ3) is 7.56. The van der Waals surface area contributed by atoms with Crippen molar-refractivity contribution < 1.29 is 4.74 Å². The van der Waals surface area contributed by atoms with E-state index in [0.29, 0.717) is 0 Å². The van der Waals surface area contributed by atoms with Gasteiger partial charge in [-0.05, 0) is 144 Å². The minimum atomic E-state index is -0.159. The fourth-order valence-electron chi connectivity index (χ4n) is 13.0. The third-order valence-electron chi connectivity index (χ3n) is 16.1. The largest absolute Gasteiger partial charge is 0.496 e. The number of hydrogen-bond donors (Lipinski definition) is 0. The fourth-order valence-corrected chi connectivity index (χ4v) is 13.0. The molecule has 354 valence electrons. The van der Waals surface area contributed by atoms with Gasteiger partial charge in [0.1, 0.15) is 5.75 Å². The number of rotatable bonds is 9. The molecule has 12 rings (SSSR count). The maximum Gasteiger partial charge on any atom is 0.243 e. The summed E-state index contributed by atoms with van der Waals surface area (Å²) in [7, 11) is 1.81. The Kier molecular flexibility index (Phi) is 11.2. The zero-order valence-corrected chi connectivity index (χ0v) is 43.5. The Labute approximate surface area is 431 Å². The van der Waals surface area contributed by atoms with E-state index in [1.54, 1.807) is 0 Å². The predicted molar refractivity (Wildman–Crippen MR) is 315 cm³/mol. The number of hydrogen-bond acceptors (Lipinski definition) is 2. The number of para-hydroxylation sites is 1. The molecule has 0 unspecified atom stereocenters. The Balaban J connectivity index is 1.08. The van der Waals surface area contributed by atoms with Crippen molar-refractivity contribution >= 4 is 72.5 Å². The van der Waals surface area contributed by atoms with Crippen LogP contribution in [0.15, 0.2) is 200 Å². The van der Waals surface area contributed by atoms with Gasteiger partial charge in [-0.3, -0.25) is 0 Å². The van der Waals surface area contributed by atoms with Gasteiger partial charge in [-0.2, -0.15) is 0 Å². The standard InChI is InChI=1S/C70H60BNO/c1-43-35-45(3)68(46(4)36-43)71(69-47(5)37-44(2)38-48(69)6)65-42-62-54-25-14-13-24-53(54)60(41-61(62)55-26-15-16-28-58(55)65)59-34-32-51(40-67(59)73-9)72(66-30-20-18-23-52(66)49-21-11-10-12-22-49)50-31-33-57-56-27-17-19-29-63(56)70(7,8)64(57)39-50/h10-42H,1-9H3. The van der Waals surface area contributed by atoms with E-state index >= 15 is 0 Å². The zero-order chi connectivity index (χ0) is 50.3. The van der Waals surface area contributed by atoms with Crippen LogP contribution in [0.2, 0.25) is 0 Å². The summed E-state index contributed by atoms with van der Waals surface area (Å²) in [5, 5.41) is 7.42. The molecule has 0 amide bonds. The monoisotopic (exact) mass is 941 g/mol. The molecule has 0 heterocycles. The Hall–Kier alpha value is -8.14. The second kappa shape index (κ2) is 17.9. The van der Waals surface area contributed by atoms with Crippen LogP contribution in [0.25, 0.3) is 65.7 Å². The highest BCUT2D eigenvalue weighted by Gasteiger charge is 2.36. The van der Waals surface area contributed by atoms with Gasteiger partial charge in [0.15, 0.2) is 0 Å². The first-order valence-corrected chi connectivity index (χ1v) is 25.8. The molecule has 0 aromatic heterocycles. The molecule has 0 N–H and O–H groups in total. The van der Waals surface area contributed by atoms with E-state index in [2.05, 4.69) is 260 Å². The normalized spacial score (nSPS) is 12.6. The molecule has 1 aliphatic carbocycles. The molecule has 0 saturated carbocycles. The van der Waals surface area contributed by atoms with Crippen LogP contribution < -0.4 is 26.0 Å². The highest BCUT2D eigenvalue weighted by atomic mass is 16.5.